The highest BCUT2D eigenvalue weighted by Gasteiger charge is 2.43. The van der Waals surface area contributed by atoms with Crippen molar-refractivity contribution in [2.75, 3.05) is 5.32 Å². The van der Waals surface area contributed by atoms with E-state index in [1.807, 2.05) is 30.3 Å². The van der Waals surface area contributed by atoms with Crippen molar-refractivity contribution in [3.63, 3.8) is 0 Å². The van der Waals surface area contributed by atoms with E-state index in [0.717, 1.165) is 5.56 Å². The van der Waals surface area contributed by atoms with Crippen molar-refractivity contribution in [2.45, 2.75) is 31.1 Å². The minimum Gasteiger partial charge on any atom is -0.321 e. The van der Waals surface area contributed by atoms with Crippen molar-refractivity contribution < 1.29 is 13.6 Å². The monoisotopic (exact) mass is 361 g/mol. The van der Waals surface area contributed by atoms with E-state index in [9.17, 15) is 13.6 Å². The molecule has 2 aromatic rings. The second-order valence-electron chi connectivity index (χ2n) is 6.15. The summed E-state index contributed by atoms with van der Waals surface area (Å²) < 4.78 is 29.0. The minimum absolute atomic E-state index is 0.105. The van der Waals surface area contributed by atoms with E-state index in [0.29, 0.717) is 23.6 Å². The highest BCUT2D eigenvalue weighted by Crippen LogP contribution is 2.38. The van der Waals surface area contributed by atoms with Crippen LogP contribution in [0.3, 0.4) is 0 Å². The van der Waals surface area contributed by atoms with E-state index >= 15 is 0 Å². The molecule has 2 aromatic carbocycles. The van der Waals surface area contributed by atoms with Crippen LogP contribution in [0.15, 0.2) is 66.2 Å². The zero-order valence-electron chi connectivity index (χ0n) is 13.5. The van der Waals surface area contributed by atoms with E-state index in [1.165, 1.54) is 18.2 Å². The molecule has 5 heteroatoms. The van der Waals surface area contributed by atoms with Gasteiger partial charge in [-0.05, 0) is 55.0 Å². The molecule has 0 heterocycles. The molecule has 0 saturated carbocycles. The second kappa shape index (κ2) is 7.36. The normalized spacial score (nSPS) is 17.7. The Morgan fingerprint density at radius 3 is 2.36 bits per heavy atom. The van der Waals surface area contributed by atoms with Crippen molar-refractivity contribution in [3.05, 3.63) is 76.8 Å². The van der Waals surface area contributed by atoms with Crippen LogP contribution in [-0.4, -0.2) is 11.8 Å². The Balaban J connectivity index is 1.68. The molecule has 130 valence electrons. The maximum absolute atomic E-state index is 14.5. The average Bonchev–Trinajstić information content (AvgIpc) is 2.64. The SMILES string of the molecule is O=C(Nc1ccc(Cl)cc1)C(F)(F)C1=CC[C@@H](c2ccccc2)CC1. The van der Waals surface area contributed by atoms with Gasteiger partial charge in [0.25, 0.3) is 5.91 Å². The molecule has 1 atom stereocenters. The lowest BCUT2D eigenvalue weighted by molar-refractivity contribution is -0.135. The van der Waals surface area contributed by atoms with Gasteiger partial charge in [0.1, 0.15) is 0 Å². The molecule has 0 bridgehead atoms. The quantitative estimate of drug-likeness (QED) is 0.684. The standard InChI is InChI=1S/C20H18ClF2NO/c21-17-10-12-18(13-11-17)24-19(25)20(22,23)16-8-6-15(7-9-16)14-4-2-1-3-5-14/h1-5,8,10-13,15H,6-7,9H2,(H,24,25)/t15-/m1/s1. The van der Waals surface area contributed by atoms with Gasteiger partial charge in [-0.25, -0.2) is 0 Å². The summed E-state index contributed by atoms with van der Waals surface area (Å²) in [5.74, 6) is -4.60. The molecule has 0 aliphatic heterocycles. The zero-order chi connectivity index (χ0) is 17.9. The first-order valence-corrected chi connectivity index (χ1v) is 8.54. The van der Waals surface area contributed by atoms with Crippen LogP contribution >= 0.6 is 11.6 Å². The van der Waals surface area contributed by atoms with Crippen LogP contribution in [-0.2, 0) is 4.79 Å². The maximum atomic E-state index is 14.5. The second-order valence-corrected chi connectivity index (χ2v) is 6.58. The first-order chi connectivity index (χ1) is 12.0. The highest BCUT2D eigenvalue weighted by molar-refractivity contribution is 6.30. The van der Waals surface area contributed by atoms with Gasteiger partial charge in [-0.1, -0.05) is 48.0 Å². The lowest BCUT2D eigenvalue weighted by atomic mass is 9.83. The van der Waals surface area contributed by atoms with Crippen molar-refractivity contribution >= 4 is 23.2 Å². The van der Waals surface area contributed by atoms with Crippen LogP contribution in [0.1, 0.15) is 30.7 Å². The largest absolute Gasteiger partial charge is 0.346 e. The molecular formula is C20H18ClF2NO. The van der Waals surface area contributed by atoms with Gasteiger partial charge in [-0.15, -0.1) is 0 Å². The van der Waals surface area contributed by atoms with E-state index in [2.05, 4.69) is 5.32 Å². The molecule has 0 radical (unpaired) electrons. The Morgan fingerprint density at radius 1 is 1.08 bits per heavy atom. The van der Waals surface area contributed by atoms with Gasteiger partial charge >= 0.3 is 5.92 Å². The van der Waals surface area contributed by atoms with E-state index in [1.54, 1.807) is 12.1 Å². The summed E-state index contributed by atoms with van der Waals surface area (Å²) in [6.07, 6.45) is 2.85. The van der Waals surface area contributed by atoms with Gasteiger partial charge in [0.2, 0.25) is 0 Å². The Labute approximate surface area is 150 Å². The van der Waals surface area contributed by atoms with Gasteiger partial charge in [-0.3, -0.25) is 4.79 Å². The number of allylic oxidation sites excluding steroid dienone is 1. The molecule has 1 aliphatic rings. The molecule has 1 N–H and O–H groups in total. The summed E-state index contributed by atoms with van der Waals surface area (Å²) in [6, 6.07) is 15.9. The molecule has 25 heavy (non-hydrogen) atoms. The Kier molecular flexibility index (Phi) is 5.19. The predicted molar refractivity (Wildman–Crippen MR) is 96.1 cm³/mol. The van der Waals surface area contributed by atoms with Crippen LogP contribution in [0.2, 0.25) is 5.02 Å². The number of carbonyl (C=O) groups is 1. The predicted octanol–water partition coefficient (Wildman–Crippen LogP) is 5.81. The molecule has 0 fully saturated rings. The fourth-order valence-electron chi connectivity index (χ4n) is 3.04. The van der Waals surface area contributed by atoms with Crippen LogP contribution in [0.5, 0.6) is 0 Å². The molecule has 0 aromatic heterocycles. The van der Waals surface area contributed by atoms with Crippen molar-refractivity contribution in [1.29, 1.82) is 0 Å². The average molecular weight is 362 g/mol. The number of benzene rings is 2. The van der Waals surface area contributed by atoms with Crippen LogP contribution in [0.25, 0.3) is 0 Å². The zero-order valence-corrected chi connectivity index (χ0v) is 14.3. The summed E-state index contributed by atoms with van der Waals surface area (Å²) >= 11 is 5.75. The molecule has 0 unspecified atom stereocenters. The number of hydrogen-bond acceptors (Lipinski definition) is 1. The fraction of sp³-hybridized carbons (Fsp3) is 0.250. The summed E-state index contributed by atoms with van der Waals surface area (Å²) in [6.45, 7) is 0. The molecule has 3 rings (SSSR count). The van der Waals surface area contributed by atoms with Crippen molar-refractivity contribution in [2.24, 2.45) is 0 Å². The highest BCUT2D eigenvalue weighted by atomic mass is 35.5. The first-order valence-electron chi connectivity index (χ1n) is 8.16. The van der Waals surface area contributed by atoms with Crippen molar-refractivity contribution in [1.82, 2.24) is 0 Å². The number of anilines is 1. The van der Waals surface area contributed by atoms with Gasteiger partial charge in [0.15, 0.2) is 0 Å². The number of nitrogens with one attached hydrogen (secondary N) is 1. The van der Waals surface area contributed by atoms with Gasteiger partial charge in [0.05, 0.1) is 0 Å². The molecular weight excluding hydrogens is 344 g/mol. The third kappa shape index (κ3) is 4.07. The van der Waals surface area contributed by atoms with E-state index in [-0.39, 0.29) is 17.9 Å². The fourth-order valence-corrected chi connectivity index (χ4v) is 3.16. The Morgan fingerprint density at radius 2 is 1.76 bits per heavy atom. The van der Waals surface area contributed by atoms with Gasteiger partial charge in [0, 0.05) is 16.3 Å². The summed E-state index contributed by atoms with van der Waals surface area (Å²) in [4.78, 5) is 12.0. The number of hydrogen-bond donors (Lipinski definition) is 1. The molecule has 0 saturated heterocycles. The molecule has 1 aliphatic carbocycles. The lowest BCUT2D eigenvalue weighted by Crippen LogP contribution is -2.37. The van der Waals surface area contributed by atoms with Crippen LogP contribution in [0.4, 0.5) is 14.5 Å². The Bertz CT molecular complexity index is 772. The van der Waals surface area contributed by atoms with Crippen molar-refractivity contribution in [3.8, 4) is 0 Å². The topological polar surface area (TPSA) is 29.1 Å². The van der Waals surface area contributed by atoms with Crippen LogP contribution < -0.4 is 5.32 Å². The summed E-state index contributed by atoms with van der Waals surface area (Å²) in [7, 11) is 0. The van der Waals surface area contributed by atoms with E-state index in [4.69, 9.17) is 11.6 Å². The summed E-state index contributed by atoms with van der Waals surface area (Å²) in [5, 5.41) is 2.74. The first kappa shape index (κ1) is 17.6. The Hall–Kier alpha value is -2.20. The third-order valence-electron chi connectivity index (χ3n) is 4.47. The molecule has 2 nitrogen and oxygen atoms in total. The minimum atomic E-state index is -3.51. The molecule has 1 amide bonds. The van der Waals surface area contributed by atoms with Gasteiger partial charge in [-0.2, -0.15) is 8.78 Å². The number of amides is 1. The number of carbonyl (C=O) groups excluding carboxylic acids is 1. The maximum Gasteiger partial charge on any atom is 0.346 e. The van der Waals surface area contributed by atoms with Gasteiger partial charge < -0.3 is 5.32 Å². The third-order valence-corrected chi connectivity index (χ3v) is 4.72. The number of rotatable bonds is 4. The smallest absolute Gasteiger partial charge is 0.321 e. The van der Waals surface area contributed by atoms with Crippen LogP contribution in [0, 0.1) is 0 Å². The van der Waals surface area contributed by atoms with E-state index < -0.39 is 11.8 Å². The lowest BCUT2D eigenvalue weighted by Gasteiger charge is -2.26. The number of halogens is 3. The number of alkyl halides is 2. The molecule has 0 spiro atoms. The summed E-state index contributed by atoms with van der Waals surface area (Å²) in [5.41, 5.74) is 1.34.